The van der Waals surface area contributed by atoms with Gasteiger partial charge in [-0.3, -0.25) is 9.71 Å². The van der Waals surface area contributed by atoms with Crippen molar-refractivity contribution in [1.29, 1.82) is 0 Å². The number of benzene rings is 1. The minimum atomic E-state index is -4.00. The van der Waals surface area contributed by atoms with E-state index in [1.54, 1.807) is 0 Å². The zero-order valence-electron chi connectivity index (χ0n) is 9.17. The molecule has 0 aliphatic heterocycles. The molecule has 94 valence electrons. The number of halogens is 1. The summed E-state index contributed by atoms with van der Waals surface area (Å²) in [6.45, 7) is 0. The quantitative estimate of drug-likeness (QED) is 0.827. The Kier molecular flexibility index (Phi) is 3.15. The summed E-state index contributed by atoms with van der Waals surface area (Å²) in [5.74, 6) is -0.856. The van der Waals surface area contributed by atoms with Crippen LogP contribution in [0.5, 0.6) is 0 Å². The Bertz CT molecular complexity index is 659. The van der Waals surface area contributed by atoms with Gasteiger partial charge in [-0.15, -0.1) is 0 Å². The monoisotopic (exact) mass is 267 g/mol. The molecule has 1 aromatic carbocycles. The first kappa shape index (κ1) is 12.3. The summed E-state index contributed by atoms with van der Waals surface area (Å²) >= 11 is 0. The standard InChI is InChI=1S/C11H10FN3O2S/c12-10-2-1-8(13)7-11(10)18(16,17)15-9-3-5-14-6-4-9/h1-7H,13H2,(H,14,15). The van der Waals surface area contributed by atoms with Crippen LogP contribution in [0.1, 0.15) is 0 Å². The van der Waals surface area contributed by atoms with Crippen LogP contribution >= 0.6 is 0 Å². The molecule has 0 bridgehead atoms. The zero-order valence-corrected chi connectivity index (χ0v) is 9.99. The lowest BCUT2D eigenvalue weighted by Gasteiger charge is -2.09. The average Bonchev–Trinajstić information content (AvgIpc) is 2.33. The number of hydrogen-bond donors (Lipinski definition) is 2. The molecule has 0 radical (unpaired) electrons. The molecule has 0 aliphatic rings. The molecule has 0 fully saturated rings. The normalized spacial score (nSPS) is 11.2. The first-order valence-corrected chi connectivity index (χ1v) is 6.45. The fourth-order valence-corrected chi connectivity index (χ4v) is 2.53. The number of nitrogens with zero attached hydrogens (tertiary/aromatic N) is 1. The number of rotatable bonds is 3. The topological polar surface area (TPSA) is 85.1 Å². The van der Waals surface area contributed by atoms with Crippen LogP contribution in [-0.2, 0) is 10.0 Å². The third-order valence-corrected chi connectivity index (χ3v) is 3.57. The summed E-state index contributed by atoms with van der Waals surface area (Å²) in [6, 6.07) is 6.29. The number of nitrogens with two attached hydrogens (primary N) is 1. The number of aromatic nitrogens is 1. The Morgan fingerprint density at radius 3 is 2.50 bits per heavy atom. The maximum absolute atomic E-state index is 13.5. The van der Waals surface area contributed by atoms with E-state index in [0.717, 1.165) is 12.1 Å². The molecule has 1 aromatic heterocycles. The number of nitrogens with one attached hydrogen (secondary N) is 1. The van der Waals surface area contributed by atoms with Crippen LogP contribution in [0, 0.1) is 5.82 Å². The fraction of sp³-hybridized carbons (Fsp3) is 0. The SMILES string of the molecule is Nc1ccc(F)c(S(=O)(=O)Nc2ccncc2)c1. The Hall–Kier alpha value is -2.15. The molecule has 0 unspecified atom stereocenters. The van der Waals surface area contributed by atoms with Crippen molar-refractivity contribution in [2.75, 3.05) is 10.5 Å². The van der Waals surface area contributed by atoms with Gasteiger partial charge in [-0.05, 0) is 30.3 Å². The molecule has 7 heteroatoms. The predicted molar refractivity (Wildman–Crippen MR) is 65.9 cm³/mol. The summed E-state index contributed by atoms with van der Waals surface area (Å²) in [5.41, 5.74) is 5.92. The fourth-order valence-electron chi connectivity index (χ4n) is 1.36. The molecule has 0 aliphatic carbocycles. The molecular formula is C11H10FN3O2S. The molecule has 18 heavy (non-hydrogen) atoms. The van der Waals surface area contributed by atoms with Crippen LogP contribution in [0.2, 0.25) is 0 Å². The lowest BCUT2D eigenvalue weighted by Crippen LogP contribution is -2.14. The van der Waals surface area contributed by atoms with E-state index in [9.17, 15) is 12.8 Å². The summed E-state index contributed by atoms with van der Waals surface area (Å²) in [5, 5.41) is 0. The molecule has 5 nitrogen and oxygen atoms in total. The number of nitrogen functional groups attached to an aromatic ring is 1. The molecule has 2 rings (SSSR count). The van der Waals surface area contributed by atoms with Gasteiger partial charge in [0.25, 0.3) is 10.0 Å². The summed E-state index contributed by atoms with van der Waals surface area (Å²) in [6.07, 6.45) is 2.85. The van der Waals surface area contributed by atoms with Gasteiger partial charge in [0.2, 0.25) is 0 Å². The molecular weight excluding hydrogens is 257 g/mol. The Balaban J connectivity index is 2.40. The van der Waals surface area contributed by atoms with Gasteiger partial charge >= 0.3 is 0 Å². The van der Waals surface area contributed by atoms with Crippen molar-refractivity contribution in [2.24, 2.45) is 0 Å². The smallest absolute Gasteiger partial charge is 0.264 e. The van der Waals surface area contributed by atoms with Gasteiger partial charge in [0.05, 0.1) is 5.69 Å². The van der Waals surface area contributed by atoms with Gasteiger partial charge < -0.3 is 5.73 Å². The van der Waals surface area contributed by atoms with Crippen LogP contribution < -0.4 is 10.5 Å². The highest BCUT2D eigenvalue weighted by Crippen LogP contribution is 2.20. The van der Waals surface area contributed by atoms with E-state index in [1.807, 2.05) is 0 Å². The first-order valence-electron chi connectivity index (χ1n) is 4.97. The number of pyridine rings is 1. The van der Waals surface area contributed by atoms with Crippen molar-refractivity contribution in [3.05, 3.63) is 48.5 Å². The van der Waals surface area contributed by atoms with E-state index in [2.05, 4.69) is 9.71 Å². The van der Waals surface area contributed by atoms with Crippen LogP contribution in [0.3, 0.4) is 0 Å². The molecule has 1 heterocycles. The molecule has 0 spiro atoms. The Morgan fingerprint density at radius 2 is 1.83 bits per heavy atom. The van der Waals surface area contributed by atoms with Crippen LogP contribution in [0.15, 0.2) is 47.6 Å². The second kappa shape index (κ2) is 4.61. The van der Waals surface area contributed by atoms with Crippen LogP contribution in [0.25, 0.3) is 0 Å². The highest BCUT2D eigenvalue weighted by atomic mass is 32.2. The highest BCUT2D eigenvalue weighted by molar-refractivity contribution is 7.92. The molecule has 0 atom stereocenters. The van der Waals surface area contributed by atoms with Gasteiger partial charge in [0, 0.05) is 18.1 Å². The Labute approximate surface area is 104 Å². The number of anilines is 2. The van der Waals surface area contributed by atoms with Crippen LogP contribution in [0.4, 0.5) is 15.8 Å². The molecule has 0 amide bonds. The minimum Gasteiger partial charge on any atom is -0.399 e. The summed E-state index contributed by atoms with van der Waals surface area (Å²) < 4.78 is 39.6. The molecule has 3 N–H and O–H groups in total. The summed E-state index contributed by atoms with van der Waals surface area (Å²) in [7, 11) is -4.00. The largest absolute Gasteiger partial charge is 0.399 e. The second-order valence-corrected chi connectivity index (χ2v) is 5.18. The van der Waals surface area contributed by atoms with E-state index in [0.29, 0.717) is 5.69 Å². The molecule has 2 aromatic rings. The first-order chi connectivity index (χ1) is 8.49. The third kappa shape index (κ3) is 2.57. The number of sulfonamides is 1. The summed E-state index contributed by atoms with van der Waals surface area (Å²) in [4.78, 5) is 3.26. The minimum absolute atomic E-state index is 0.173. The lowest BCUT2D eigenvalue weighted by atomic mass is 10.3. The van der Waals surface area contributed by atoms with E-state index in [-0.39, 0.29) is 5.69 Å². The van der Waals surface area contributed by atoms with Crippen molar-refractivity contribution in [3.8, 4) is 0 Å². The van der Waals surface area contributed by atoms with Crippen molar-refractivity contribution < 1.29 is 12.8 Å². The van der Waals surface area contributed by atoms with E-state index >= 15 is 0 Å². The maximum atomic E-state index is 13.5. The van der Waals surface area contributed by atoms with Gasteiger partial charge in [-0.1, -0.05) is 0 Å². The van der Waals surface area contributed by atoms with E-state index < -0.39 is 20.7 Å². The van der Waals surface area contributed by atoms with Crippen molar-refractivity contribution in [3.63, 3.8) is 0 Å². The van der Waals surface area contributed by atoms with Crippen molar-refractivity contribution in [1.82, 2.24) is 4.98 Å². The van der Waals surface area contributed by atoms with Gasteiger partial charge in [-0.25, -0.2) is 12.8 Å². The Morgan fingerprint density at radius 1 is 1.17 bits per heavy atom. The number of hydrogen-bond acceptors (Lipinski definition) is 4. The molecule has 0 saturated heterocycles. The van der Waals surface area contributed by atoms with Crippen LogP contribution in [-0.4, -0.2) is 13.4 Å². The predicted octanol–water partition coefficient (Wildman–Crippen LogP) is 1.60. The third-order valence-electron chi connectivity index (χ3n) is 2.18. The van der Waals surface area contributed by atoms with Gasteiger partial charge in [-0.2, -0.15) is 0 Å². The van der Waals surface area contributed by atoms with Crippen molar-refractivity contribution in [2.45, 2.75) is 4.90 Å². The zero-order chi connectivity index (χ0) is 13.2. The second-order valence-electron chi connectivity index (χ2n) is 3.53. The maximum Gasteiger partial charge on any atom is 0.264 e. The van der Waals surface area contributed by atoms with E-state index in [1.165, 1.54) is 30.6 Å². The van der Waals surface area contributed by atoms with Gasteiger partial charge in [0.1, 0.15) is 10.7 Å². The van der Waals surface area contributed by atoms with Crippen molar-refractivity contribution >= 4 is 21.4 Å². The lowest BCUT2D eigenvalue weighted by molar-refractivity contribution is 0.570. The van der Waals surface area contributed by atoms with E-state index in [4.69, 9.17) is 5.73 Å². The van der Waals surface area contributed by atoms with Gasteiger partial charge in [0.15, 0.2) is 0 Å². The highest BCUT2D eigenvalue weighted by Gasteiger charge is 2.19. The molecule has 0 saturated carbocycles. The average molecular weight is 267 g/mol.